The SMILES string of the molecule is CC(C)(C)OC(=O)CNc1ccc(C(NC(=O)OC(C)(C)C)C(=O)O)cc1. The summed E-state index contributed by atoms with van der Waals surface area (Å²) < 4.78 is 10.3. The number of carboxylic acid groups (broad SMARTS) is 1. The topological polar surface area (TPSA) is 114 Å². The van der Waals surface area contributed by atoms with Crippen molar-refractivity contribution in [1.82, 2.24) is 5.32 Å². The van der Waals surface area contributed by atoms with Crippen molar-refractivity contribution in [2.75, 3.05) is 11.9 Å². The zero-order chi connectivity index (χ0) is 20.8. The molecule has 8 nitrogen and oxygen atoms in total. The minimum absolute atomic E-state index is 0.0187. The summed E-state index contributed by atoms with van der Waals surface area (Å²) in [4.78, 5) is 35.0. The second kappa shape index (κ2) is 8.75. The number of hydrogen-bond acceptors (Lipinski definition) is 6. The number of rotatable bonds is 6. The maximum atomic E-state index is 11.8. The Bertz CT molecular complexity index is 671. The molecule has 0 spiro atoms. The monoisotopic (exact) mass is 380 g/mol. The minimum Gasteiger partial charge on any atom is -0.479 e. The van der Waals surface area contributed by atoms with E-state index < -0.39 is 35.3 Å². The summed E-state index contributed by atoms with van der Waals surface area (Å²) >= 11 is 0. The summed E-state index contributed by atoms with van der Waals surface area (Å²) in [6, 6.07) is 5.08. The van der Waals surface area contributed by atoms with Gasteiger partial charge in [0.05, 0.1) is 0 Å². The van der Waals surface area contributed by atoms with Crippen molar-refractivity contribution in [2.45, 2.75) is 58.8 Å². The molecule has 0 aliphatic rings. The van der Waals surface area contributed by atoms with Crippen LogP contribution in [-0.2, 0) is 19.1 Å². The number of carbonyl (C=O) groups is 3. The van der Waals surface area contributed by atoms with Crippen molar-refractivity contribution in [3.8, 4) is 0 Å². The molecule has 0 bridgehead atoms. The van der Waals surface area contributed by atoms with Gasteiger partial charge in [0.15, 0.2) is 6.04 Å². The van der Waals surface area contributed by atoms with Crippen molar-refractivity contribution in [1.29, 1.82) is 0 Å². The molecule has 0 aliphatic carbocycles. The molecule has 3 N–H and O–H groups in total. The Balaban J connectivity index is 2.72. The third-order valence-corrected chi connectivity index (χ3v) is 3.01. The van der Waals surface area contributed by atoms with E-state index in [1.165, 1.54) is 0 Å². The van der Waals surface area contributed by atoms with Crippen LogP contribution in [0.3, 0.4) is 0 Å². The average Bonchev–Trinajstić information content (AvgIpc) is 2.47. The molecule has 150 valence electrons. The molecule has 1 aromatic carbocycles. The molecule has 1 unspecified atom stereocenters. The van der Waals surface area contributed by atoms with Crippen LogP contribution in [0.15, 0.2) is 24.3 Å². The Hall–Kier alpha value is -2.77. The molecule has 0 saturated carbocycles. The lowest BCUT2D eigenvalue weighted by Crippen LogP contribution is -2.38. The Morgan fingerprint density at radius 2 is 1.48 bits per heavy atom. The van der Waals surface area contributed by atoms with Gasteiger partial charge >= 0.3 is 18.0 Å². The number of anilines is 1. The number of carbonyl (C=O) groups excluding carboxylic acids is 2. The third-order valence-electron chi connectivity index (χ3n) is 3.01. The van der Waals surface area contributed by atoms with E-state index in [0.717, 1.165) is 0 Å². The number of amides is 1. The maximum Gasteiger partial charge on any atom is 0.408 e. The number of alkyl carbamates (subject to hydrolysis) is 1. The van der Waals surface area contributed by atoms with Crippen LogP contribution in [0.25, 0.3) is 0 Å². The fourth-order valence-corrected chi connectivity index (χ4v) is 2.06. The van der Waals surface area contributed by atoms with Gasteiger partial charge < -0.3 is 25.2 Å². The van der Waals surface area contributed by atoms with E-state index >= 15 is 0 Å². The smallest absolute Gasteiger partial charge is 0.408 e. The highest BCUT2D eigenvalue weighted by atomic mass is 16.6. The Morgan fingerprint density at radius 3 is 1.93 bits per heavy atom. The number of nitrogens with one attached hydrogen (secondary N) is 2. The first-order chi connectivity index (χ1) is 12.3. The molecular formula is C19H28N2O6. The second-order valence-corrected chi connectivity index (χ2v) is 7.98. The molecule has 1 aromatic rings. The first-order valence-corrected chi connectivity index (χ1v) is 8.55. The predicted molar refractivity (Wildman–Crippen MR) is 101 cm³/mol. The van der Waals surface area contributed by atoms with E-state index in [2.05, 4.69) is 10.6 Å². The van der Waals surface area contributed by atoms with E-state index in [9.17, 15) is 19.5 Å². The van der Waals surface area contributed by atoms with Crippen molar-refractivity contribution < 1.29 is 29.0 Å². The van der Waals surface area contributed by atoms with Crippen LogP contribution in [0.2, 0.25) is 0 Å². The highest BCUT2D eigenvalue weighted by molar-refractivity contribution is 5.81. The van der Waals surface area contributed by atoms with E-state index in [1.807, 2.05) is 0 Å². The largest absolute Gasteiger partial charge is 0.479 e. The zero-order valence-electron chi connectivity index (χ0n) is 16.6. The van der Waals surface area contributed by atoms with Gasteiger partial charge in [-0.3, -0.25) is 4.79 Å². The summed E-state index contributed by atoms with van der Waals surface area (Å²) in [5, 5.41) is 14.6. The summed E-state index contributed by atoms with van der Waals surface area (Å²) in [7, 11) is 0. The molecule has 8 heteroatoms. The van der Waals surface area contributed by atoms with E-state index in [1.54, 1.807) is 65.8 Å². The summed E-state index contributed by atoms with van der Waals surface area (Å²) in [6.07, 6.45) is -0.818. The Kier molecular flexibility index (Phi) is 7.21. The van der Waals surface area contributed by atoms with Gasteiger partial charge in [-0.1, -0.05) is 12.1 Å². The number of carboxylic acids is 1. The number of esters is 1. The fraction of sp³-hybridized carbons (Fsp3) is 0.526. The third kappa shape index (κ3) is 8.94. The minimum atomic E-state index is -1.25. The summed E-state index contributed by atoms with van der Waals surface area (Å²) in [5.74, 6) is -1.61. The molecular weight excluding hydrogens is 352 g/mol. The van der Waals surface area contributed by atoms with E-state index in [0.29, 0.717) is 11.3 Å². The van der Waals surface area contributed by atoms with Crippen molar-refractivity contribution in [3.63, 3.8) is 0 Å². The Labute approximate surface area is 159 Å². The predicted octanol–water partition coefficient (Wildman–Crippen LogP) is 3.09. The van der Waals surface area contributed by atoms with Gasteiger partial charge in [-0.25, -0.2) is 9.59 Å². The average molecular weight is 380 g/mol. The molecule has 1 rings (SSSR count). The lowest BCUT2D eigenvalue weighted by atomic mass is 10.1. The lowest BCUT2D eigenvalue weighted by molar-refractivity contribution is -0.152. The van der Waals surface area contributed by atoms with Gasteiger partial charge in [0.1, 0.15) is 17.7 Å². The molecule has 1 atom stereocenters. The summed E-state index contributed by atoms with van der Waals surface area (Å²) in [5.41, 5.74) is -0.310. The zero-order valence-corrected chi connectivity index (χ0v) is 16.6. The molecule has 0 heterocycles. The second-order valence-electron chi connectivity index (χ2n) is 7.98. The normalized spacial score (nSPS) is 12.7. The first kappa shape index (κ1) is 22.3. The maximum absolute atomic E-state index is 11.8. The molecule has 0 aromatic heterocycles. The highest BCUT2D eigenvalue weighted by Crippen LogP contribution is 2.18. The van der Waals surface area contributed by atoms with Gasteiger partial charge in [-0.05, 0) is 59.2 Å². The molecule has 0 saturated heterocycles. The summed E-state index contributed by atoms with van der Waals surface area (Å²) in [6.45, 7) is 10.4. The van der Waals surface area contributed by atoms with Gasteiger partial charge in [0, 0.05) is 5.69 Å². The molecule has 27 heavy (non-hydrogen) atoms. The van der Waals surface area contributed by atoms with Gasteiger partial charge in [-0.2, -0.15) is 0 Å². The Morgan fingerprint density at radius 1 is 0.963 bits per heavy atom. The van der Waals surface area contributed by atoms with Crippen LogP contribution in [0, 0.1) is 0 Å². The van der Waals surface area contributed by atoms with Crippen molar-refractivity contribution in [3.05, 3.63) is 29.8 Å². The van der Waals surface area contributed by atoms with E-state index in [4.69, 9.17) is 9.47 Å². The van der Waals surface area contributed by atoms with E-state index in [-0.39, 0.29) is 6.54 Å². The standard InChI is InChI=1S/C19H28N2O6/c1-18(2,3)26-14(22)11-20-13-9-7-12(8-10-13)15(16(23)24)21-17(25)27-19(4,5)6/h7-10,15,20H,11H2,1-6H3,(H,21,25)(H,23,24). The molecule has 0 fully saturated rings. The first-order valence-electron chi connectivity index (χ1n) is 8.55. The number of aliphatic carboxylic acids is 1. The van der Waals surface area contributed by atoms with Crippen LogP contribution in [0.5, 0.6) is 0 Å². The number of hydrogen-bond donors (Lipinski definition) is 3. The van der Waals surface area contributed by atoms with Gasteiger partial charge in [0.2, 0.25) is 0 Å². The lowest BCUT2D eigenvalue weighted by Gasteiger charge is -2.22. The van der Waals surface area contributed by atoms with Crippen molar-refractivity contribution in [2.24, 2.45) is 0 Å². The van der Waals surface area contributed by atoms with Gasteiger partial charge in [0.25, 0.3) is 0 Å². The number of ether oxygens (including phenoxy) is 2. The van der Waals surface area contributed by atoms with Crippen LogP contribution in [0.4, 0.5) is 10.5 Å². The van der Waals surface area contributed by atoms with Crippen LogP contribution >= 0.6 is 0 Å². The quantitative estimate of drug-likeness (QED) is 0.650. The van der Waals surface area contributed by atoms with Crippen LogP contribution in [-0.4, -0.2) is 40.9 Å². The number of benzene rings is 1. The molecule has 1 amide bonds. The van der Waals surface area contributed by atoms with Crippen molar-refractivity contribution >= 4 is 23.7 Å². The van der Waals surface area contributed by atoms with Crippen LogP contribution in [0.1, 0.15) is 53.1 Å². The van der Waals surface area contributed by atoms with Crippen LogP contribution < -0.4 is 10.6 Å². The molecule has 0 radical (unpaired) electrons. The molecule has 0 aliphatic heterocycles. The fourth-order valence-electron chi connectivity index (χ4n) is 2.06. The highest BCUT2D eigenvalue weighted by Gasteiger charge is 2.25. The van der Waals surface area contributed by atoms with Gasteiger partial charge in [-0.15, -0.1) is 0 Å².